The van der Waals surface area contributed by atoms with Crippen molar-refractivity contribution in [3.63, 3.8) is 0 Å². The lowest BCUT2D eigenvalue weighted by Crippen LogP contribution is -2.18. The molecule has 0 aliphatic rings. The highest BCUT2D eigenvalue weighted by Gasteiger charge is 2.07. The molecule has 166 valence electrons. The van der Waals surface area contributed by atoms with Crippen LogP contribution in [0.3, 0.4) is 0 Å². The first-order valence-electron chi connectivity index (χ1n) is 9.94. The molecular formula is C23H37N5O2. The Hall–Kier alpha value is -3.06. The number of nitrogens with zero attached hydrogens (tertiary/aromatic N) is 2. The Kier molecular flexibility index (Phi) is 14.2. The van der Waals surface area contributed by atoms with E-state index in [1.165, 1.54) is 17.5 Å². The number of aliphatic imine (C=N–C) groups is 1. The summed E-state index contributed by atoms with van der Waals surface area (Å²) in [6.07, 6.45) is 3.45. The fourth-order valence-corrected chi connectivity index (χ4v) is 2.34. The van der Waals surface area contributed by atoms with Crippen molar-refractivity contribution in [2.75, 3.05) is 26.5 Å². The standard InChI is InChI=1S/C19H25N3O.C3H8.CH4N2O/c1-14-7-6-8-18(20-3)17(14)12-23-19-10-9-16(11-15(19)2)21-13-22(4)5;1-3-2;2-3-1-4/h6-11,13,20H,12H2,1-5H3;3H2,1-2H3;1H,2H2,(H,3,4). The number of aryl methyl sites for hydroxylation is 2. The van der Waals surface area contributed by atoms with Gasteiger partial charge in [0.05, 0.1) is 12.0 Å². The molecule has 0 aliphatic carbocycles. The number of anilines is 1. The van der Waals surface area contributed by atoms with Gasteiger partial charge in [-0.05, 0) is 49.2 Å². The van der Waals surface area contributed by atoms with E-state index in [0.29, 0.717) is 13.0 Å². The van der Waals surface area contributed by atoms with Crippen molar-refractivity contribution >= 4 is 24.1 Å². The van der Waals surface area contributed by atoms with Crippen LogP contribution in [0.4, 0.5) is 11.4 Å². The van der Waals surface area contributed by atoms with Crippen molar-refractivity contribution in [2.24, 2.45) is 10.8 Å². The zero-order valence-corrected chi connectivity index (χ0v) is 19.3. The fourth-order valence-electron chi connectivity index (χ4n) is 2.34. The summed E-state index contributed by atoms with van der Waals surface area (Å²) in [5, 5.41) is 3.22. The number of carbonyl (C=O) groups is 1. The smallest absolute Gasteiger partial charge is 0.221 e. The highest BCUT2D eigenvalue weighted by molar-refractivity contribution is 5.62. The van der Waals surface area contributed by atoms with Crippen molar-refractivity contribution in [1.82, 2.24) is 10.3 Å². The lowest BCUT2D eigenvalue weighted by molar-refractivity contribution is -0.109. The second-order valence-corrected chi connectivity index (χ2v) is 6.79. The predicted octanol–water partition coefficient (Wildman–Crippen LogP) is 4.17. The van der Waals surface area contributed by atoms with Crippen LogP contribution in [0.1, 0.15) is 37.0 Å². The van der Waals surface area contributed by atoms with Gasteiger partial charge >= 0.3 is 0 Å². The van der Waals surface area contributed by atoms with Crippen LogP contribution in [0, 0.1) is 13.8 Å². The second-order valence-electron chi connectivity index (χ2n) is 6.79. The highest BCUT2D eigenvalue weighted by atomic mass is 16.5. The molecule has 0 saturated carbocycles. The van der Waals surface area contributed by atoms with Crippen LogP contribution >= 0.6 is 0 Å². The number of carbonyl (C=O) groups excluding carboxylic acids is 1. The largest absolute Gasteiger partial charge is 0.489 e. The van der Waals surface area contributed by atoms with E-state index in [4.69, 9.17) is 9.53 Å². The zero-order valence-electron chi connectivity index (χ0n) is 19.3. The van der Waals surface area contributed by atoms with Gasteiger partial charge in [0, 0.05) is 32.4 Å². The number of rotatable bonds is 7. The van der Waals surface area contributed by atoms with Crippen LogP contribution in [0.2, 0.25) is 0 Å². The Bertz CT molecular complexity index is 776. The number of nitrogens with one attached hydrogen (secondary N) is 2. The molecule has 0 bridgehead atoms. The van der Waals surface area contributed by atoms with Crippen LogP contribution in [0.5, 0.6) is 5.75 Å². The number of ether oxygens (including phenoxy) is 1. The van der Waals surface area contributed by atoms with Crippen molar-refractivity contribution in [2.45, 2.75) is 40.7 Å². The third kappa shape index (κ3) is 10.5. The van der Waals surface area contributed by atoms with Gasteiger partial charge in [-0.2, -0.15) is 0 Å². The van der Waals surface area contributed by atoms with E-state index in [1.807, 2.05) is 57.2 Å². The lowest BCUT2D eigenvalue weighted by Gasteiger charge is -2.15. The first-order chi connectivity index (χ1) is 14.3. The molecule has 2 rings (SSSR count). The van der Waals surface area contributed by atoms with E-state index in [1.54, 1.807) is 11.8 Å². The molecule has 7 heteroatoms. The van der Waals surface area contributed by atoms with Crippen LogP contribution in [-0.4, -0.2) is 38.8 Å². The summed E-state index contributed by atoms with van der Waals surface area (Å²) in [5.74, 6) is 5.30. The first kappa shape index (κ1) is 26.9. The molecule has 0 fully saturated rings. The van der Waals surface area contributed by atoms with Crippen LogP contribution in [0.15, 0.2) is 41.4 Å². The molecule has 0 aromatic heterocycles. The summed E-state index contributed by atoms with van der Waals surface area (Å²) >= 11 is 0. The number of hydrazine groups is 1. The average molecular weight is 416 g/mol. The summed E-state index contributed by atoms with van der Waals surface area (Å²) in [5.41, 5.74) is 7.27. The predicted molar refractivity (Wildman–Crippen MR) is 127 cm³/mol. The molecule has 0 aliphatic heterocycles. The van der Waals surface area contributed by atoms with Crippen molar-refractivity contribution in [1.29, 1.82) is 0 Å². The summed E-state index contributed by atoms with van der Waals surface area (Å²) < 4.78 is 6.02. The second kappa shape index (κ2) is 15.8. The topological polar surface area (TPSA) is 92.0 Å². The Morgan fingerprint density at radius 3 is 2.27 bits per heavy atom. The molecule has 2 aromatic rings. The summed E-state index contributed by atoms with van der Waals surface area (Å²) in [7, 11) is 5.84. The van der Waals surface area contributed by atoms with E-state index in [0.717, 1.165) is 22.7 Å². The van der Waals surface area contributed by atoms with Gasteiger partial charge in [-0.15, -0.1) is 0 Å². The number of hydrogen-bond donors (Lipinski definition) is 3. The maximum atomic E-state index is 8.94. The molecule has 0 atom stereocenters. The van der Waals surface area contributed by atoms with Gasteiger partial charge in [0.2, 0.25) is 6.41 Å². The summed E-state index contributed by atoms with van der Waals surface area (Å²) in [4.78, 5) is 15.3. The molecule has 30 heavy (non-hydrogen) atoms. The molecule has 2 aromatic carbocycles. The van der Waals surface area contributed by atoms with Crippen LogP contribution in [0.25, 0.3) is 0 Å². The minimum atomic E-state index is 0.403. The number of hydrogen-bond acceptors (Lipinski definition) is 5. The number of nitrogens with two attached hydrogens (primary N) is 1. The van der Waals surface area contributed by atoms with E-state index in [9.17, 15) is 0 Å². The summed E-state index contributed by atoms with van der Waals surface area (Å²) in [6, 6.07) is 12.2. The Labute approximate surface area is 181 Å². The Morgan fingerprint density at radius 1 is 1.13 bits per heavy atom. The van der Waals surface area contributed by atoms with E-state index in [-0.39, 0.29) is 0 Å². The van der Waals surface area contributed by atoms with E-state index >= 15 is 0 Å². The van der Waals surface area contributed by atoms with Gasteiger partial charge in [0.25, 0.3) is 0 Å². The third-order valence-corrected chi connectivity index (χ3v) is 3.72. The lowest BCUT2D eigenvalue weighted by atomic mass is 10.1. The Balaban J connectivity index is 0.00000105. The van der Waals surface area contributed by atoms with Crippen molar-refractivity contribution in [3.8, 4) is 5.75 Å². The van der Waals surface area contributed by atoms with Crippen molar-refractivity contribution in [3.05, 3.63) is 53.1 Å². The van der Waals surface area contributed by atoms with Gasteiger partial charge in [-0.3, -0.25) is 10.2 Å². The average Bonchev–Trinajstić information content (AvgIpc) is 2.73. The molecule has 4 N–H and O–H groups in total. The summed E-state index contributed by atoms with van der Waals surface area (Å²) in [6.45, 7) is 8.94. The van der Waals surface area contributed by atoms with Crippen LogP contribution in [-0.2, 0) is 11.4 Å². The number of benzene rings is 2. The molecular weight excluding hydrogens is 378 g/mol. The fraction of sp³-hybridized carbons (Fsp3) is 0.391. The number of amides is 1. The minimum Gasteiger partial charge on any atom is -0.489 e. The Morgan fingerprint density at radius 2 is 1.77 bits per heavy atom. The van der Waals surface area contributed by atoms with Gasteiger partial charge in [0.1, 0.15) is 12.4 Å². The third-order valence-electron chi connectivity index (χ3n) is 3.72. The minimum absolute atomic E-state index is 0.403. The normalized spacial score (nSPS) is 9.60. The van der Waals surface area contributed by atoms with Gasteiger partial charge < -0.3 is 15.0 Å². The molecule has 0 saturated heterocycles. The van der Waals surface area contributed by atoms with E-state index in [2.05, 4.69) is 49.1 Å². The zero-order chi connectivity index (χ0) is 22.9. The highest BCUT2D eigenvalue weighted by Crippen LogP contribution is 2.26. The van der Waals surface area contributed by atoms with E-state index < -0.39 is 0 Å². The SMILES string of the molecule is CCC.CNc1cccc(C)c1COc1ccc(N=CN(C)C)cc1C.NNC=O. The molecule has 1 amide bonds. The molecule has 7 nitrogen and oxygen atoms in total. The quantitative estimate of drug-likeness (QED) is 0.158. The van der Waals surface area contributed by atoms with Crippen molar-refractivity contribution < 1.29 is 9.53 Å². The molecule has 0 radical (unpaired) electrons. The molecule has 0 spiro atoms. The maximum Gasteiger partial charge on any atom is 0.221 e. The van der Waals surface area contributed by atoms with Gasteiger partial charge in [0.15, 0.2) is 0 Å². The molecule has 0 heterocycles. The van der Waals surface area contributed by atoms with Gasteiger partial charge in [-0.25, -0.2) is 10.8 Å². The maximum absolute atomic E-state index is 8.94. The molecule has 0 unspecified atom stereocenters. The van der Waals surface area contributed by atoms with Crippen LogP contribution < -0.4 is 21.3 Å². The monoisotopic (exact) mass is 415 g/mol. The first-order valence-corrected chi connectivity index (χ1v) is 9.94. The van der Waals surface area contributed by atoms with Gasteiger partial charge in [-0.1, -0.05) is 32.4 Å².